The third-order valence-corrected chi connectivity index (χ3v) is 3.39. The van der Waals surface area contributed by atoms with Crippen molar-refractivity contribution in [2.45, 2.75) is 39.5 Å². The van der Waals surface area contributed by atoms with E-state index >= 15 is 0 Å². The Morgan fingerprint density at radius 3 is 2.70 bits per heavy atom. The van der Waals surface area contributed by atoms with E-state index in [0.29, 0.717) is 12.3 Å². The van der Waals surface area contributed by atoms with Crippen molar-refractivity contribution in [2.75, 3.05) is 0 Å². The molecule has 0 heterocycles. The first-order chi connectivity index (χ1) is 9.63. The normalized spacial score (nSPS) is 12.8. The zero-order chi connectivity index (χ0) is 14.8. The van der Waals surface area contributed by atoms with Crippen LogP contribution in [0.15, 0.2) is 54.8 Å². The van der Waals surface area contributed by atoms with E-state index in [9.17, 15) is 4.79 Å². The summed E-state index contributed by atoms with van der Waals surface area (Å²) in [6.07, 6.45) is 7.09. The largest absolute Gasteiger partial charge is 0.434 e. The first kappa shape index (κ1) is 16.2. The Bertz CT molecular complexity index is 446. The molecular weight excluding hydrogens is 248 g/mol. The summed E-state index contributed by atoms with van der Waals surface area (Å²) in [6.45, 7) is 7.88. The number of unbranched alkanes of at least 4 members (excludes halogenated alkanes) is 1. The van der Waals surface area contributed by atoms with Crippen molar-refractivity contribution >= 4 is 5.97 Å². The second-order valence-corrected chi connectivity index (χ2v) is 5.13. The molecule has 0 N–H and O–H groups in total. The molecule has 20 heavy (non-hydrogen) atoms. The Balaban J connectivity index is 2.37. The van der Waals surface area contributed by atoms with E-state index in [1.54, 1.807) is 6.26 Å². The van der Waals surface area contributed by atoms with Crippen molar-refractivity contribution in [1.82, 2.24) is 0 Å². The minimum absolute atomic E-state index is 0.214. The summed E-state index contributed by atoms with van der Waals surface area (Å²) in [7, 11) is 0. The summed E-state index contributed by atoms with van der Waals surface area (Å²) in [5.74, 6) is 0.216. The minimum atomic E-state index is -0.214. The van der Waals surface area contributed by atoms with Crippen LogP contribution in [0.4, 0.5) is 0 Å². The van der Waals surface area contributed by atoms with Crippen LogP contribution in [0.25, 0.3) is 0 Å². The predicted molar refractivity (Wildman–Crippen MR) is 83.2 cm³/mol. The molecule has 0 saturated carbocycles. The van der Waals surface area contributed by atoms with Crippen molar-refractivity contribution in [3.8, 4) is 0 Å². The van der Waals surface area contributed by atoms with Gasteiger partial charge in [-0.15, -0.1) is 6.58 Å². The van der Waals surface area contributed by atoms with Crippen LogP contribution >= 0.6 is 0 Å². The number of esters is 1. The molecule has 0 aliphatic rings. The monoisotopic (exact) mass is 272 g/mol. The van der Waals surface area contributed by atoms with Crippen molar-refractivity contribution in [3.05, 3.63) is 60.4 Å². The molecule has 0 amide bonds. The van der Waals surface area contributed by atoms with Gasteiger partial charge in [-0.05, 0) is 43.2 Å². The Hall–Kier alpha value is -1.83. The summed E-state index contributed by atoms with van der Waals surface area (Å²) in [5.41, 5.74) is 2.08. The third kappa shape index (κ3) is 6.37. The summed E-state index contributed by atoms with van der Waals surface area (Å²) in [4.78, 5) is 11.7. The summed E-state index contributed by atoms with van der Waals surface area (Å²) < 4.78 is 5.21. The van der Waals surface area contributed by atoms with E-state index in [4.69, 9.17) is 4.74 Å². The zero-order valence-electron chi connectivity index (χ0n) is 12.5. The Morgan fingerprint density at radius 2 is 2.05 bits per heavy atom. The fourth-order valence-corrected chi connectivity index (χ4v) is 1.88. The van der Waals surface area contributed by atoms with E-state index in [0.717, 1.165) is 30.4 Å². The van der Waals surface area contributed by atoms with E-state index in [2.05, 4.69) is 13.5 Å². The number of carbonyl (C=O) groups is 1. The van der Waals surface area contributed by atoms with Gasteiger partial charge in [0.1, 0.15) is 0 Å². The molecule has 2 nitrogen and oxygen atoms in total. The maximum Gasteiger partial charge on any atom is 0.315 e. The fourth-order valence-electron chi connectivity index (χ4n) is 1.88. The molecule has 1 aromatic rings. The number of allylic oxidation sites excluding steroid dienone is 2. The highest BCUT2D eigenvalue weighted by Gasteiger charge is 2.07. The average Bonchev–Trinajstić information content (AvgIpc) is 2.46. The highest BCUT2D eigenvalue weighted by molar-refractivity contribution is 5.73. The van der Waals surface area contributed by atoms with Crippen LogP contribution < -0.4 is 0 Å². The Morgan fingerprint density at radius 1 is 1.35 bits per heavy atom. The molecule has 2 heteroatoms. The van der Waals surface area contributed by atoms with Crippen LogP contribution in [0, 0.1) is 5.92 Å². The highest BCUT2D eigenvalue weighted by Crippen LogP contribution is 2.17. The van der Waals surface area contributed by atoms with Gasteiger partial charge in [-0.3, -0.25) is 4.79 Å². The van der Waals surface area contributed by atoms with Gasteiger partial charge in [0, 0.05) is 0 Å². The zero-order valence-corrected chi connectivity index (χ0v) is 12.5. The predicted octanol–water partition coefficient (Wildman–Crippen LogP) is 4.67. The van der Waals surface area contributed by atoms with Gasteiger partial charge in [-0.25, -0.2) is 0 Å². The molecule has 0 fully saturated rings. The maximum absolute atomic E-state index is 11.7. The van der Waals surface area contributed by atoms with Crippen molar-refractivity contribution in [1.29, 1.82) is 0 Å². The molecular formula is C18H24O2. The minimum Gasteiger partial charge on any atom is -0.434 e. The summed E-state index contributed by atoms with van der Waals surface area (Å²) in [6, 6.07) is 9.63. The molecule has 0 spiro atoms. The van der Waals surface area contributed by atoms with E-state index < -0.39 is 0 Å². The number of benzene rings is 1. The smallest absolute Gasteiger partial charge is 0.315 e. The van der Waals surface area contributed by atoms with E-state index in [-0.39, 0.29) is 5.97 Å². The Kier molecular flexibility index (Phi) is 7.41. The van der Waals surface area contributed by atoms with Crippen LogP contribution in [-0.2, 0) is 16.0 Å². The van der Waals surface area contributed by atoms with Gasteiger partial charge in [0.25, 0.3) is 0 Å². The van der Waals surface area contributed by atoms with Gasteiger partial charge in [0.15, 0.2) is 0 Å². The topological polar surface area (TPSA) is 26.3 Å². The molecule has 1 unspecified atom stereocenters. The first-order valence-electron chi connectivity index (χ1n) is 7.14. The van der Waals surface area contributed by atoms with Gasteiger partial charge >= 0.3 is 5.97 Å². The van der Waals surface area contributed by atoms with Gasteiger partial charge in [0.05, 0.1) is 12.7 Å². The molecule has 1 atom stereocenters. The van der Waals surface area contributed by atoms with Crippen molar-refractivity contribution in [2.24, 2.45) is 5.92 Å². The molecule has 0 aliphatic carbocycles. The number of hydrogen-bond donors (Lipinski definition) is 0. The second-order valence-electron chi connectivity index (χ2n) is 5.13. The van der Waals surface area contributed by atoms with Crippen LogP contribution in [-0.4, -0.2) is 5.97 Å². The molecule has 0 bridgehead atoms. The van der Waals surface area contributed by atoms with Crippen LogP contribution in [0.2, 0.25) is 0 Å². The molecule has 0 saturated heterocycles. The number of rotatable bonds is 8. The lowest BCUT2D eigenvalue weighted by Crippen LogP contribution is -2.05. The molecule has 108 valence electrons. The van der Waals surface area contributed by atoms with Crippen LogP contribution in [0.1, 0.15) is 38.7 Å². The lowest BCUT2D eigenvalue weighted by molar-refractivity contribution is -0.137. The number of carbonyl (C=O) groups excluding carboxylic acids is 1. The lowest BCUT2D eigenvalue weighted by Gasteiger charge is -2.11. The lowest BCUT2D eigenvalue weighted by atomic mass is 9.97. The number of ether oxygens (including phenoxy) is 1. The van der Waals surface area contributed by atoms with Gasteiger partial charge in [0.2, 0.25) is 0 Å². The molecule has 0 radical (unpaired) electrons. The standard InChI is InChI=1S/C18H24O2/c1-4-5-7-10-15(2)16(3)14-20-18(19)13-17-11-8-6-9-12-17/h4,6,8-9,11-12,14-15H,1,5,7,10,13H2,2-3H3/b16-14+. The van der Waals surface area contributed by atoms with Crippen LogP contribution in [0.5, 0.6) is 0 Å². The third-order valence-electron chi connectivity index (χ3n) is 3.39. The van der Waals surface area contributed by atoms with Crippen molar-refractivity contribution in [3.63, 3.8) is 0 Å². The second kappa shape index (κ2) is 9.13. The van der Waals surface area contributed by atoms with Crippen LogP contribution in [0.3, 0.4) is 0 Å². The van der Waals surface area contributed by atoms with E-state index in [1.807, 2.05) is 43.3 Å². The molecule has 1 rings (SSSR count). The SMILES string of the molecule is C=CCCCC(C)/C(C)=C/OC(=O)Cc1ccccc1. The fraction of sp³-hybridized carbons (Fsp3) is 0.389. The van der Waals surface area contributed by atoms with Gasteiger partial charge < -0.3 is 4.74 Å². The average molecular weight is 272 g/mol. The summed E-state index contributed by atoms with van der Waals surface area (Å²) >= 11 is 0. The highest BCUT2D eigenvalue weighted by atomic mass is 16.5. The molecule has 0 aliphatic heterocycles. The van der Waals surface area contributed by atoms with Crippen molar-refractivity contribution < 1.29 is 9.53 Å². The van der Waals surface area contributed by atoms with Gasteiger partial charge in [-0.1, -0.05) is 43.3 Å². The number of hydrogen-bond acceptors (Lipinski definition) is 2. The molecule has 0 aromatic heterocycles. The quantitative estimate of drug-likeness (QED) is 0.297. The summed E-state index contributed by atoms with van der Waals surface area (Å²) in [5, 5.41) is 0. The van der Waals surface area contributed by atoms with E-state index in [1.165, 1.54) is 0 Å². The Labute approximate surface area is 122 Å². The van der Waals surface area contributed by atoms with Gasteiger partial charge in [-0.2, -0.15) is 0 Å². The first-order valence-corrected chi connectivity index (χ1v) is 7.14. The molecule has 1 aromatic carbocycles. The maximum atomic E-state index is 11.7.